The number of anilines is 1. The molecule has 1 aromatic heterocycles. The number of nitrogens with two attached hydrogens (primary N) is 1. The van der Waals surface area contributed by atoms with Crippen LogP contribution in [0.5, 0.6) is 0 Å². The zero-order valence-corrected chi connectivity index (χ0v) is 9.18. The Morgan fingerprint density at radius 2 is 2.06 bits per heavy atom. The van der Waals surface area contributed by atoms with Gasteiger partial charge in [0.1, 0.15) is 5.01 Å². The van der Waals surface area contributed by atoms with Crippen molar-refractivity contribution in [3.8, 4) is 0 Å². The third-order valence-electron chi connectivity index (χ3n) is 2.27. The van der Waals surface area contributed by atoms with E-state index in [1.54, 1.807) is 0 Å². The molecule has 16 heavy (non-hydrogen) atoms. The van der Waals surface area contributed by atoms with Crippen molar-refractivity contribution < 1.29 is 13.2 Å². The van der Waals surface area contributed by atoms with Crippen molar-refractivity contribution in [2.45, 2.75) is 31.6 Å². The summed E-state index contributed by atoms with van der Waals surface area (Å²) >= 11 is 1.13. The van der Waals surface area contributed by atoms with Crippen molar-refractivity contribution in [2.24, 2.45) is 0 Å². The summed E-state index contributed by atoms with van der Waals surface area (Å²) in [4.78, 5) is 1.39. The summed E-state index contributed by atoms with van der Waals surface area (Å²) < 4.78 is 36.9. The van der Waals surface area contributed by atoms with E-state index < -0.39 is 12.7 Å². The Balaban J connectivity index is 1.97. The molecule has 8 heteroatoms. The average Bonchev–Trinajstić information content (AvgIpc) is 2.89. The first-order valence-corrected chi connectivity index (χ1v) is 5.64. The highest BCUT2D eigenvalue weighted by Gasteiger charge is 2.38. The summed E-state index contributed by atoms with van der Waals surface area (Å²) in [5, 5.41) is 8.14. The fourth-order valence-corrected chi connectivity index (χ4v) is 2.12. The van der Waals surface area contributed by atoms with Gasteiger partial charge in [0.15, 0.2) is 0 Å². The highest BCUT2D eigenvalue weighted by Crippen LogP contribution is 2.31. The maximum atomic E-state index is 12.3. The van der Waals surface area contributed by atoms with E-state index in [0.717, 1.165) is 24.2 Å². The highest BCUT2D eigenvalue weighted by atomic mass is 32.1. The molecule has 0 amide bonds. The van der Waals surface area contributed by atoms with Crippen LogP contribution in [0.15, 0.2) is 0 Å². The molecular weight excluding hydrogens is 241 g/mol. The molecule has 0 unspecified atom stereocenters. The molecule has 0 bridgehead atoms. The second-order valence-electron chi connectivity index (χ2n) is 3.79. The maximum absolute atomic E-state index is 12.3. The number of nitrogen functional groups attached to an aromatic ring is 1. The molecule has 0 aromatic carbocycles. The number of hydrogen-bond acceptors (Lipinski definition) is 5. The van der Waals surface area contributed by atoms with E-state index in [1.165, 1.54) is 4.90 Å². The molecule has 1 heterocycles. The molecule has 90 valence electrons. The van der Waals surface area contributed by atoms with Crippen LogP contribution in [0.25, 0.3) is 0 Å². The average molecular weight is 252 g/mol. The second kappa shape index (κ2) is 4.17. The Bertz CT molecular complexity index is 360. The largest absolute Gasteiger partial charge is 0.401 e. The van der Waals surface area contributed by atoms with Crippen LogP contribution in [-0.2, 0) is 6.54 Å². The van der Waals surface area contributed by atoms with Crippen molar-refractivity contribution in [1.29, 1.82) is 0 Å². The van der Waals surface area contributed by atoms with Gasteiger partial charge in [0.25, 0.3) is 0 Å². The Hall–Kier alpha value is -0.890. The zero-order valence-electron chi connectivity index (χ0n) is 8.37. The van der Waals surface area contributed by atoms with Crippen LogP contribution in [0.1, 0.15) is 17.8 Å². The fourth-order valence-electron chi connectivity index (χ4n) is 1.49. The molecule has 1 aliphatic rings. The quantitative estimate of drug-likeness (QED) is 0.885. The molecule has 4 nitrogen and oxygen atoms in total. The van der Waals surface area contributed by atoms with Gasteiger partial charge in [-0.3, -0.25) is 4.90 Å². The van der Waals surface area contributed by atoms with E-state index >= 15 is 0 Å². The third kappa shape index (κ3) is 3.31. The topological polar surface area (TPSA) is 55.0 Å². The summed E-state index contributed by atoms with van der Waals surface area (Å²) in [5.74, 6) is 0. The summed E-state index contributed by atoms with van der Waals surface area (Å²) in [6, 6.07) is 0.0340. The monoisotopic (exact) mass is 252 g/mol. The molecule has 0 saturated heterocycles. The fraction of sp³-hybridized carbons (Fsp3) is 0.750. The lowest BCUT2D eigenvalue weighted by molar-refractivity contribution is -0.148. The molecule has 2 N–H and O–H groups in total. The summed E-state index contributed by atoms with van der Waals surface area (Å²) in [5.41, 5.74) is 5.38. The zero-order chi connectivity index (χ0) is 11.8. The first-order valence-electron chi connectivity index (χ1n) is 4.83. The van der Waals surface area contributed by atoms with E-state index in [4.69, 9.17) is 5.73 Å². The van der Waals surface area contributed by atoms with Gasteiger partial charge in [-0.15, -0.1) is 10.2 Å². The van der Waals surface area contributed by atoms with Crippen molar-refractivity contribution in [2.75, 3.05) is 12.3 Å². The van der Waals surface area contributed by atoms with Crippen LogP contribution in [-0.4, -0.2) is 33.9 Å². The number of rotatable bonds is 4. The first kappa shape index (κ1) is 11.6. The van der Waals surface area contributed by atoms with Crippen molar-refractivity contribution in [3.63, 3.8) is 0 Å². The van der Waals surface area contributed by atoms with Crippen LogP contribution in [0, 0.1) is 0 Å². The van der Waals surface area contributed by atoms with Crippen molar-refractivity contribution >= 4 is 16.5 Å². The Kier molecular flexibility index (Phi) is 3.02. The number of alkyl halides is 3. The predicted octanol–water partition coefficient (Wildman–Crippen LogP) is 1.65. The van der Waals surface area contributed by atoms with E-state index in [2.05, 4.69) is 10.2 Å². The lowest BCUT2D eigenvalue weighted by Gasteiger charge is -2.21. The SMILES string of the molecule is Nc1nnc(CN(CC(F)(F)F)C2CC2)s1. The number of aromatic nitrogens is 2. The Labute approximate surface area is 94.3 Å². The van der Waals surface area contributed by atoms with Gasteiger partial charge in [-0.1, -0.05) is 11.3 Å². The van der Waals surface area contributed by atoms with Gasteiger partial charge in [-0.05, 0) is 12.8 Å². The molecule has 0 radical (unpaired) electrons. The number of halogens is 3. The van der Waals surface area contributed by atoms with Gasteiger partial charge >= 0.3 is 6.18 Å². The van der Waals surface area contributed by atoms with Crippen LogP contribution in [0.4, 0.5) is 18.3 Å². The second-order valence-corrected chi connectivity index (χ2v) is 4.88. The highest BCUT2D eigenvalue weighted by molar-refractivity contribution is 7.15. The number of hydrogen-bond donors (Lipinski definition) is 1. The van der Waals surface area contributed by atoms with Crippen LogP contribution in [0.3, 0.4) is 0 Å². The summed E-state index contributed by atoms with van der Waals surface area (Å²) in [6.45, 7) is -0.712. The van der Waals surface area contributed by atoms with Crippen molar-refractivity contribution in [3.05, 3.63) is 5.01 Å². The molecular formula is C8H11F3N4S. The van der Waals surface area contributed by atoms with Crippen molar-refractivity contribution in [1.82, 2.24) is 15.1 Å². The maximum Gasteiger partial charge on any atom is 0.401 e. The molecule has 1 saturated carbocycles. The molecule has 2 rings (SSSR count). The minimum atomic E-state index is -4.17. The van der Waals surface area contributed by atoms with Crippen LogP contribution >= 0.6 is 11.3 Å². The number of nitrogens with zero attached hydrogens (tertiary/aromatic N) is 3. The molecule has 1 fully saturated rings. The van der Waals surface area contributed by atoms with Gasteiger partial charge in [0, 0.05) is 6.04 Å². The van der Waals surface area contributed by atoms with Gasteiger partial charge in [0.2, 0.25) is 5.13 Å². The minimum absolute atomic E-state index is 0.0340. The molecule has 1 aromatic rings. The lowest BCUT2D eigenvalue weighted by atomic mass is 10.4. The van der Waals surface area contributed by atoms with E-state index in [0.29, 0.717) is 5.01 Å². The Morgan fingerprint density at radius 3 is 2.50 bits per heavy atom. The third-order valence-corrected chi connectivity index (χ3v) is 3.00. The van der Waals surface area contributed by atoms with Gasteiger partial charge in [-0.25, -0.2) is 0 Å². The first-order chi connectivity index (χ1) is 7.44. The lowest BCUT2D eigenvalue weighted by Crippen LogP contribution is -2.35. The van der Waals surface area contributed by atoms with Gasteiger partial charge in [0.05, 0.1) is 13.1 Å². The van der Waals surface area contributed by atoms with Gasteiger partial charge in [-0.2, -0.15) is 13.2 Å². The summed E-state index contributed by atoms with van der Waals surface area (Å²) in [7, 11) is 0. The van der Waals surface area contributed by atoms with Crippen LogP contribution < -0.4 is 5.73 Å². The standard InChI is InChI=1S/C8H11F3N4S/c9-8(10,11)4-15(5-1-2-5)3-6-13-14-7(12)16-6/h5H,1-4H2,(H2,12,14). The van der Waals surface area contributed by atoms with Crippen LogP contribution in [0.2, 0.25) is 0 Å². The predicted molar refractivity (Wildman–Crippen MR) is 53.8 cm³/mol. The molecule has 1 aliphatic carbocycles. The molecule has 0 spiro atoms. The van der Waals surface area contributed by atoms with E-state index in [9.17, 15) is 13.2 Å². The normalized spacial score (nSPS) is 17.0. The van der Waals surface area contributed by atoms with Gasteiger partial charge < -0.3 is 5.73 Å². The van der Waals surface area contributed by atoms with E-state index in [-0.39, 0.29) is 17.7 Å². The van der Waals surface area contributed by atoms with E-state index in [1.807, 2.05) is 0 Å². The Morgan fingerprint density at radius 1 is 1.38 bits per heavy atom. The molecule has 0 atom stereocenters. The smallest absolute Gasteiger partial charge is 0.374 e. The minimum Gasteiger partial charge on any atom is -0.374 e. The summed E-state index contributed by atoms with van der Waals surface area (Å²) in [6.07, 6.45) is -2.52. The molecule has 0 aliphatic heterocycles.